The molecule has 0 bridgehead atoms. The van der Waals surface area contributed by atoms with Gasteiger partial charge in [0.15, 0.2) is 5.75 Å². The average molecular weight is 391 g/mol. The Balaban J connectivity index is 1.70. The van der Waals surface area contributed by atoms with Crippen molar-refractivity contribution >= 4 is 17.3 Å². The van der Waals surface area contributed by atoms with Crippen LogP contribution in [0.25, 0.3) is 17.0 Å². The van der Waals surface area contributed by atoms with Crippen LogP contribution in [0.5, 0.6) is 11.6 Å². The van der Waals surface area contributed by atoms with Crippen molar-refractivity contribution in [3.05, 3.63) is 54.6 Å². The van der Waals surface area contributed by atoms with E-state index in [0.717, 1.165) is 18.5 Å². The fourth-order valence-electron chi connectivity index (χ4n) is 3.33. The van der Waals surface area contributed by atoms with E-state index in [1.54, 1.807) is 42.6 Å². The van der Waals surface area contributed by atoms with Gasteiger partial charge in [-0.1, -0.05) is 13.5 Å². The number of carbonyl (C=O) groups excluding carboxylic acids is 1. The highest BCUT2D eigenvalue weighted by Gasteiger charge is 2.34. The van der Waals surface area contributed by atoms with Gasteiger partial charge in [0, 0.05) is 24.5 Å². The number of aromatic nitrogens is 4. The normalized spacial score (nSPS) is 13.0. The van der Waals surface area contributed by atoms with E-state index in [2.05, 4.69) is 28.6 Å². The molecule has 0 radical (unpaired) electrons. The van der Waals surface area contributed by atoms with Gasteiger partial charge in [-0.2, -0.15) is 5.10 Å². The highest BCUT2D eigenvalue weighted by molar-refractivity contribution is 6.21. The predicted molar refractivity (Wildman–Crippen MR) is 109 cm³/mol. The average Bonchev–Trinajstić information content (AvgIpc) is 3.30. The number of rotatable bonds is 6. The molecule has 0 spiro atoms. The quantitative estimate of drug-likeness (QED) is 0.641. The minimum atomic E-state index is -0.162. The number of methoxy groups -OCH3 is 2. The summed E-state index contributed by atoms with van der Waals surface area (Å²) in [5.74, 6) is 0.741. The van der Waals surface area contributed by atoms with Gasteiger partial charge in [0.05, 0.1) is 43.1 Å². The fraction of sp³-hybridized carbons (Fsp3) is 0.238. The Hall–Kier alpha value is -3.68. The van der Waals surface area contributed by atoms with E-state index in [4.69, 9.17) is 9.47 Å². The number of pyridine rings is 2. The van der Waals surface area contributed by atoms with Gasteiger partial charge >= 0.3 is 0 Å². The van der Waals surface area contributed by atoms with Gasteiger partial charge in [-0.25, -0.2) is 9.97 Å². The third kappa shape index (κ3) is 3.12. The maximum absolute atomic E-state index is 12.9. The van der Waals surface area contributed by atoms with Crippen molar-refractivity contribution in [2.75, 3.05) is 19.1 Å². The summed E-state index contributed by atoms with van der Waals surface area (Å²) in [5, 5.41) is 4.31. The van der Waals surface area contributed by atoms with Crippen LogP contribution >= 0.6 is 0 Å². The van der Waals surface area contributed by atoms with Gasteiger partial charge in [-0.15, -0.1) is 0 Å². The van der Waals surface area contributed by atoms with Crippen molar-refractivity contribution in [1.29, 1.82) is 0 Å². The maximum Gasteiger partial charge on any atom is 0.265 e. The van der Waals surface area contributed by atoms with Gasteiger partial charge in [-0.3, -0.25) is 14.4 Å². The van der Waals surface area contributed by atoms with Crippen molar-refractivity contribution in [3.63, 3.8) is 0 Å². The van der Waals surface area contributed by atoms with Gasteiger partial charge in [-0.05, 0) is 24.6 Å². The third-order valence-corrected chi connectivity index (χ3v) is 4.73. The lowest BCUT2D eigenvalue weighted by molar-refractivity contribution is 0.101. The number of nitrogens with zero attached hydrogens (tertiary/aromatic N) is 5. The topological polar surface area (TPSA) is 82.4 Å². The Morgan fingerprint density at radius 3 is 2.72 bits per heavy atom. The molecule has 3 aromatic rings. The maximum atomic E-state index is 12.9. The number of anilines is 1. The highest BCUT2D eigenvalue weighted by Crippen LogP contribution is 2.36. The van der Waals surface area contributed by atoms with Gasteiger partial charge in [0.2, 0.25) is 0 Å². The van der Waals surface area contributed by atoms with Crippen LogP contribution in [0.2, 0.25) is 0 Å². The monoisotopic (exact) mass is 391 g/mol. The summed E-state index contributed by atoms with van der Waals surface area (Å²) in [5.41, 5.74) is 3.67. The lowest BCUT2D eigenvalue weighted by Crippen LogP contribution is -2.21. The summed E-state index contributed by atoms with van der Waals surface area (Å²) in [7, 11) is 3.08. The molecule has 0 aliphatic carbocycles. The second kappa shape index (κ2) is 7.38. The zero-order chi connectivity index (χ0) is 20.5. The molecule has 0 N–H and O–H groups in total. The smallest absolute Gasteiger partial charge is 0.265 e. The molecule has 4 heterocycles. The van der Waals surface area contributed by atoms with E-state index in [0.29, 0.717) is 40.0 Å². The largest absolute Gasteiger partial charge is 0.491 e. The molecular weight excluding hydrogens is 370 g/mol. The van der Waals surface area contributed by atoms with Crippen molar-refractivity contribution < 1.29 is 14.3 Å². The molecule has 4 rings (SSSR count). The van der Waals surface area contributed by atoms with Gasteiger partial charge in [0.1, 0.15) is 5.69 Å². The molecule has 0 fully saturated rings. The molecule has 0 saturated carbocycles. The summed E-state index contributed by atoms with van der Waals surface area (Å²) in [6.45, 7) is 6.96. The summed E-state index contributed by atoms with van der Waals surface area (Å²) in [4.78, 5) is 23.4. The van der Waals surface area contributed by atoms with E-state index in [9.17, 15) is 4.79 Å². The van der Waals surface area contributed by atoms with E-state index in [1.165, 1.54) is 7.11 Å². The van der Waals surface area contributed by atoms with Crippen LogP contribution in [-0.4, -0.2) is 39.9 Å². The lowest BCUT2D eigenvalue weighted by Gasteiger charge is -2.14. The molecule has 1 amide bonds. The molecule has 148 valence electrons. The summed E-state index contributed by atoms with van der Waals surface area (Å²) >= 11 is 0. The predicted octanol–water partition coefficient (Wildman–Crippen LogP) is 3.40. The van der Waals surface area contributed by atoms with Crippen molar-refractivity contribution in [2.24, 2.45) is 0 Å². The Bertz CT molecular complexity index is 1110. The molecule has 8 nitrogen and oxygen atoms in total. The first-order valence-corrected chi connectivity index (χ1v) is 9.23. The number of fused-ring (bicyclic) bond motifs is 1. The molecule has 0 aromatic carbocycles. The highest BCUT2D eigenvalue weighted by atomic mass is 16.5. The van der Waals surface area contributed by atoms with E-state index >= 15 is 0 Å². The molecule has 1 aliphatic rings. The fourth-order valence-corrected chi connectivity index (χ4v) is 3.33. The SMILES string of the molecule is C=C1c2nc(-c3cnc(OC)c(OC)c3)ccc2C(=O)N1c1cnn(CCC)c1. The molecule has 0 saturated heterocycles. The first kappa shape index (κ1) is 18.7. The van der Waals surface area contributed by atoms with Crippen molar-refractivity contribution in [2.45, 2.75) is 19.9 Å². The third-order valence-electron chi connectivity index (χ3n) is 4.73. The lowest BCUT2D eigenvalue weighted by atomic mass is 10.1. The van der Waals surface area contributed by atoms with Crippen molar-refractivity contribution in [3.8, 4) is 22.9 Å². The Kier molecular flexibility index (Phi) is 4.75. The molecule has 8 heteroatoms. The molecule has 0 unspecified atom stereocenters. The molecule has 1 aliphatic heterocycles. The minimum Gasteiger partial charge on any atom is -0.491 e. The van der Waals surface area contributed by atoms with Gasteiger partial charge < -0.3 is 9.47 Å². The first-order chi connectivity index (χ1) is 14.1. The molecule has 29 heavy (non-hydrogen) atoms. The standard InChI is InChI=1S/C21H21N5O3/c1-5-8-25-12-15(11-23-25)26-13(2)19-16(21(26)27)6-7-17(24-19)14-9-18(28-3)20(29-4)22-10-14/h6-7,9-12H,2,5,8H2,1,3-4H3. The van der Waals surface area contributed by atoms with Crippen molar-refractivity contribution in [1.82, 2.24) is 19.7 Å². The number of ether oxygens (including phenoxy) is 2. The number of hydrogen-bond acceptors (Lipinski definition) is 6. The molecular formula is C21H21N5O3. The van der Waals surface area contributed by atoms with E-state index in [-0.39, 0.29) is 5.91 Å². The van der Waals surface area contributed by atoms with Crippen LogP contribution < -0.4 is 14.4 Å². The van der Waals surface area contributed by atoms with Crippen LogP contribution in [0, 0.1) is 0 Å². The number of carbonyl (C=O) groups is 1. The van der Waals surface area contributed by atoms with Crippen LogP contribution in [0.1, 0.15) is 29.4 Å². The molecule has 0 atom stereocenters. The van der Waals surface area contributed by atoms with Gasteiger partial charge in [0.25, 0.3) is 11.8 Å². The Morgan fingerprint density at radius 1 is 1.17 bits per heavy atom. The summed E-state index contributed by atoms with van der Waals surface area (Å²) in [6.07, 6.45) is 6.13. The summed E-state index contributed by atoms with van der Waals surface area (Å²) < 4.78 is 12.3. The number of amides is 1. The van der Waals surface area contributed by atoms with E-state index in [1.807, 2.05) is 10.9 Å². The minimum absolute atomic E-state index is 0.162. The Morgan fingerprint density at radius 2 is 2.00 bits per heavy atom. The number of hydrogen-bond donors (Lipinski definition) is 0. The second-order valence-electron chi connectivity index (χ2n) is 6.58. The Labute approximate surface area is 168 Å². The number of aryl methyl sites for hydroxylation is 1. The van der Waals surface area contributed by atoms with Crippen LogP contribution in [0.3, 0.4) is 0 Å². The van der Waals surface area contributed by atoms with Crippen LogP contribution in [0.4, 0.5) is 5.69 Å². The molecule has 3 aromatic heterocycles. The summed E-state index contributed by atoms with van der Waals surface area (Å²) in [6, 6.07) is 5.35. The second-order valence-corrected chi connectivity index (χ2v) is 6.58. The van der Waals surface area contributed by atoms with Crippen LogP contribution in [0.15, 0.2) is 43.4 Å². The first-order valence-electron chi connectivity index (χ1n) is 9.23. The zero-order valence-corrected chi connectivity index (χ0v) is 16.5. The van der Waals surface area contributed by atoms with Crippen LogP contribution in [-0.2, 0) is 6.54 Å². The zero-order valence-electron chi connectivity index (χ0n) is 16.5. The van der Waals surface area contributed by atoms with E-state index < -0.39 is 0 Å².